The maximum absolute atomic E-state index is 12.5. The van der Waals surface area contributed by atoms with E-state index in [0.717, 1.165) is 21.9 Å². The summed E-state index contributed by atoms with van der Waals surface area (Å²) >= 11 is 0.973. The van der Waals surface area contributed by atoms with Crippen LogP contribution in [0.1, 0.15) is 5.56 Å². The molecule has 30 heavy (non-hydrogen) atoms. The molecule has 3 aromatic rings. The zero-order valence-corrected chi connectivity index (χ0v) is 16.4. The number of carbonyl (C=O) groups excluding carboxylic acids is 3. The number of anilines is 1. The van der Waals surface area contributed by atoms with Crippen LogP contribution in [0, 0.1) is 0 Å². The molecular weight excluding hydrogens is 408 g/mol. The van der Waals surface area contributed by atoms with Gasteiger partial charge in [-0.25, -0.2) is 4.79 Å². The van der Waals surface area contributed by atoms with Gasteiger partial charge in [0.25, 0.3) is 10.8 Å². The van der Waals surface area contributed by atoms with Crippen molar-refractivity contribution in [2.24, 2.45) is 0 Å². The molecule has 4 rings (SSSR count). The first kappa shape index (κ1) is 19.6. The topological polar surface area (TPSA) is 121 Å². The maximum Gasteiger partial charge on any atom is 0.329 e. The molecule has 0 atom stereocenters. The number of fused-ring (bicyclic) bond motifs is 1. The van der Waals surface area contributed by atoms with Crippen molar-refractivity contribution in [1.29, 1.82) is 0 Å². The molecule has 1 fully saturated rings. The predicted octanol–water partition coefficient (Wildman–Crippen LogP) is 1.52. The van der Waals surface area contributed by atoms with Crippen LogP contribution in [0.15, 0.2) is 58.1 Å². The van der Waals surface area contributed by atoms with Crippen LogP contribution < -0.4 is 16.6 Å². The standard InChI is InChI=1S/C20H16N4O5S/c25-16(10-24-18(27)14-3-1-2-4-15(14)22-19(24)28)21-13-7-5-12(6-8-13)9-23-17(26)11-30-20(23)29/h1-8H,9-11H2,(H,21,25)(H,22,28). The summed E-state index contributed by atoms with van der Waals surface area (Å²) in [6.45, 7) is -0.268. The number of hydrogen-bond donors (Lipinski definition) is 2. The Bertz CT molecular complexity index is 1260. The Balaban J connectivity index is 1.45. The first-order chi connectivity index (χ1) is 14.4. The maximum atomic E-state index is 12.5. The average molecular weight is 424 g/mol. The first-order valence-corrected chi connectivity index (χ1v) is 9.99. The lowest BCUT2D eigenvalue weighted by atomic mass is 10.2. The third-order valence-corrected chi connectivity index (χ3v) is 5.47. The number of nitrogens with zero attached hydrogens (tertiary/aromatic N) is 2. The lowest BCUT2D eigenvalue weighted by Crippen LogP contribution is -2.38. The molecule has 0 aliphatic carbocycles. The third-order valence-electron chi connectivity index (χ3n) is 4.61. The number of nitrogens with one attached hydrogen (secondary N) is 2. The molecule has 152 valence electrons. The van der Waals surface area contributed by atoms with Crippen molar-refractivity contribution in [2.45, 2.75) is 13.1 Å². The lowest BCUT2D eigenvalue weighted by Gasteiger charge is -2.13. The number of para-hydroxylation sites is 1. The molecule has 2 N–H and O–H groups in total. The number of amides is 3. The lowest BCUT2D eigenvalue weighted by molar-refractivity contribution is -0.125. The van der Waals surface area contributed by atoms with Gasteiger partial charge in [0.1, 0.15) is 6.54 Å². The van der Waals surface area contributed by atoms with Crippen molar-refractivity contribution in [2.75, 3.05) is 11.1 Å². The van der Waals surface area contributed by atoms with E-state index < -0.39 is 23.7 Å². The highest BCUT2D eigenvalue weighted by Gasteiger charge is 2.29. The number of imide groups is 1. The number of benzene rings is 2. The molecule has 1 aromatic heterocycles. The number of aromatic nitrogens is 2. The summed E-state index contributed by atoms with van der Waals surface area (Å²) in [5, 5.41) is 2.67. The van der Waals surface area contributed by atoms with E-state index in [1.54, 1.807) is 48.5 Å². The Hall–Kier alpha value is -3.66. The number of carbonyl (C=O) groups is 3. The van der Waals surface area contributed by atoms with E-state index in [4.69, 9.17) is 0 Å². The quantitative estimate of drug-likeness (QED) is 0.641. The molecule has 3 amide bonds. The van der Waals surface area contributed by atoms with Crippen LogP contribution in [0.2, 0.25) is 0 Å². The Kier molecular flexibility index (Phi) is 5.23. The summed E-state index contributed by atoms with van der Waals surface area (Å²) in [4.78, 5) is 64.1. The summed E-state index contributed by atoms with van der Waals surface area (Å²) in [5.74, 6) is -0.611. The van der Waals surface area contributed by atoms with E-state index in [9.17, 15) is 24.0 Å². The number of aromatic amines is 1. The van der Waals surface area contributed by atoms with E-state index in [-0.39, 0.29) is 23.4 Å². The van der Waals surface area contributed by atoms with Gasteiger partial charge in [0.2, 0.25) is 11.8 Å². The van der Waals surface area contributed by atoms with Crippen molar-refractivity contribution in [3.05, 3.63) is 74.9 Å². The van der Waals surface area contributed by atoms with Crippen LogP contribution in [0.25, 0.3) is 10.9 Å². The summed E-state index contributed by atoms with van der Waals surface area (Å²) in [6, 6.07) is 13.2. The van der Waals surface area contributed by atoms with Crippen molar-refractivity contribution in [3.63, 3.8) is 0 Å². The van der Waals surface area contributed by atoms with Crippen LogP contribution in [0.5, 0.6) is 0 Å². The summed E-state index contributed by atoms with van der Waals surface area (Å²) in [6.07, 6.45) is 0. The fraction of sp³-hybridized carbons (Fsp3) is 0.150. The van der Waals surface area contributed by atoms with Crippen LogP contribution in [-0.4, -0.2) is 37.3 Å². The van der Waals surface area contributed by atoms with Crippen molar-refractivity contribution in [1.82, 2.24) is 14.5 Å². The van der Waals surface area contributed by atoms with E-state index in [1.807, 2.05) is 0 Å². The van der Waals surface area contributed by atoms with Crippen LogP contribution in [0.3, 0.4) is 0 Å². The second kappa shape index (κ2) is 7.99. The zero-order valence-electron chi connectivity index (χ0n) is 15.6. The molecule has 1 aliphatic rings. The van der Waals surface area contributed by atoms with Gasteiger partial charge in [-0.05, 0) is 29.8 Å². The predicted molar refractivity (Wildman–Crippen MR) is 112 cm³/mol. The van der Waals surface area contributed by atoms with Gasteiger partial charge in [-0.15, -0.1) is 0 Å². The minimum absolute atomic E-state index is 0.153. The van der Waals surface area contributed by atoms with Gasteiger partial charge in [0.15, 0.2) is 0 Å². The van der Waals surface area contributed by atoms with Gasteiger partial charge in [0.05, 0.1) is 23.2 Å². The monoisotopic (exact) mass is 424 g/mol. The average Bonchev–Trinajstić information content (AvgIpc) is 3.04. The summed E-state index contributed by atoms with van der Waals surface area (Å²) in [7, 11) is 0. The molecule has 2 heterocycles. The number of hydrogen-bond acceptors (Lipinski definition) is 6. The third kappa shape index (κ3) is 3.90. The Morgan fingerprint density at radius 1 is 1.03 bits per heavy atom. The zero-order chi connectivity index (χ0) is 21.3. The molecule has 0 bridgehead atoms. The fourth-order valence-corrected chi connectivity index (χ4v) is 3.82. The number of H-pyrrole nitrogens is 1. The van der Waals surface area contributed by atoms with E-state index in [1.165, 1.54) is 4.90 Å². The van der Waals surface area contributed by atoms with E-state index in [0.29, 0.717) is 16.6 Å². The molecule has 9 nitrogen and oxygen atoms in total. The fourth-order valence-electron chi connectivity index (χ4n) is 3.10. The highest BCUT2D eigenvalue weighted by atomic mass is 32.2. The normalized spacial score (nSPS) is 13.8. The Morgan fingerprint density at radius 3 is 2.47 bits per heavy atom. The molecule has 0 unspecified atom stereocenters. The van der Waals surface area contributed by atoms with Crippen LogP contribution >= 0.6 is 11.8 Å². The molecule has 1 aliphatic heterocycles. The SMILES string of the molecule is O=C(Cn1c(=O)[nH]c2ccccc2c1=O)Nc1ccc(CN2C(=O)CSC2=O)cc1. The highest BCUT2D eigenvalue weighted by molar-refractivity contribution is 8.14. The second-order valence-corrected chi connectivity index (χ2v) is 7.57. The van der Waals surface area contributed by atoms with Gasteiger partial charge < -0.3 is 10.3 Å². The molecule has 0 spiro atoms. The smallest absolute Gasteiger partial charge is 0.325 e. The number of rotatable bonds is 5. The van der Waals surface area contributed by atoms with Gasteiger partial charge in [0, 0.05) is 5.69 Å². The van der Waals surface area contributed by atoms with Gasteiger partial charge in [-0.1, -0.05) is 36.0 Å². The minimum atomic E-state index is -0.665. The largest absolute Gasteiger partial charge is 0.329 e. The van der Waals surface area contributed by atoms with Crippen molar-refractivity contribution >= 4 is 45.4 Å². The number of thioether (sulfide) groups is 1. The van der Waals surface area contributed by atoms with Gasteiger partial charge in [-0.2, -0.15) is 0 Å². The summed E-state index contributed by atoms with van der Waals surface area (Å²) < 4.78 is 0.842. The van der Waals surface area contributed by atoms with Gasteiger partial charge in [-0.3, -0.25) is 28.6 Å². The van der Waals surface area contributed by atoms with Crippen LogP contribution in [0.4, 0.5) is 10.5 Å². The first-order valence-electron chi connectivity index (χ1n) is 9.00. The van der Waals surface area contributed by atoms with E-state index >= 15 is 0 Å². The highest BCUT2D eigenvalue weighted by Crippen LogP contribution is 2.21. The molecule has 2 aromatic carbocycles. The molecule has 0 radical (unpaired) electrons. The van der Waals surface area contributed by atoms with E-state index in [2.05, 4.69) is 10.3 Å². The summed E-state index contributed by atoms with van der Waals surface area (Å²) in [5.41, 5.74) is 0.398. The Labute approximate surface area is 173 Å². The van der Waals surface area contributed by atoms with Gasteiger partial charge >= 0.3 is 5.69 Å². The Morgan fingerprint density at radius 2 is 1.77 bits per heavy atom. The molecule has 0 saturated carbocycles. The van der Waals surface area contributed by atoms with Crippen LogP contribution in [-0.2, 0) is 22.7 Å². The minimum Gasteiger partial charge on any atom is -0.325 e. The van der Waals surface area contributed by atoms with Crippen molar-refractivity contribution in [3.8, 4) is 0 Å². The molecular formula is C20H16N4O5S. The van der Waals surface area contributed by atoms with Crippen molar-refractivity contribution < 1.29 is 14.4 Å². The second-order valence-electron chi connectivity index (χ2n) is 6.65. The molecule has 10 heteroatoms. The molecule has 1 saturated heterocycles.